The fraction of sp³-hybridized carbons (Fsp3) is 0.188. The van der Waals surface area contributed by atoms with Crippen molar-refractivity contribution in [1.82, 2.24) is 10.6 Å². The molecule has 2 N–H and O–H groups in total. The van der Waals surface area contributed by atoms with Crippen LogP contribution in [0, 0.1) is 0 Å². The normalized spacial score (nSPS) is 19.5. The average molecular weight is 431 g/mol. The van der Waals surface area contributed by atoms with Crippen LogP contribution in [0.4, 0.5) is 4.79 Å². The maximum Gasteiger partial charge on any atom is 0.322 e. The first-order valence-corrected chi connectivity index (χ1v) is 7.72. The fourth-order valence-corrected chi connectivity index (χ4v) is 3.05. The lowest BCUT2D eigenvalue weighted by atomic mass is 9.94. The molecular formula is C16H14BrCl2N3O2. The van der Waals surface area contributed by atoms with Crippen molar-refractivity contribution in [1.29, 1.82) is 0 Å². The zero-order chi connectivity index (χ0) is 16.6. The molecule has 3 rings (SSSR count). The van der Waals surface area contributed by atoms with E-state index >= 15 is 0 Å². The molecule has 126 valence electrons. The number of carbonyl (C=O) groups is 2. The summed E-state index contributed by atoms with van der Waals surface area (Å²) in [6.45, 7) is 2.12. The number of aromatic nitrogens is 1. The summed E-state index contributed by atoms with van der Waals surface area (Å²) in [7, 11) is 0. The Hall–Kier alpha value is -1.63. The van der Waals surface area contributed by atoms with Crippen molar-refractivity contribution in [2.24, 2.45) is 0 Å². The highest BCUT2D eigenvalue weighted by atomic mass is 79.9. The number of amides is 3. The number of benzene rings is 1. The van der Waals surface area contributed by atoms with Crippen molar-refractivity contribution < 1.29 is 31.1 Å². The number of halogens is 3. The lowest BCUT2D eigenvalue weighted by Crippen LogP contribution is -3.00. The number of pyridine rings is 1. The zero-order valence-electron chi connectivity index (χ0n) is 12.6. The molecule has 0 radical (unpaired) electrons. The molecule has 0 spiro atoms. The van der Waals surface area contributed by atoms with E-state index in [-0.39, 0.29) is 22.9 Å². The van der Waals surface area contributed by atoms with E-state index in [2.05, 4.69) is 10.6 Å². The molecule has 0 bridgehead atoms. The average Bonchev–Trinajstić information content (AvgIpc) is 2.77. The number of rotatable bonds is 3. The van der Waals surface area contributed by atoms with Crippen LogP contribution in [-0.4, -0.2) is 11.9 Å². The Bertz CT molecular complexity index is 795. The minimum Gasteiger partial charge on any atom is -1.00 e. The van der Waals surface area contributed by atoms with Gasteiger partial charge >= 0.3 is 6.03 Å². The molecule has 2 heterocycles. The van der Waals surface area contributed by atoms with Crippen LogP contribution in [0.25, 0.3) is 0 Å². The number of carbonyl (C=O) groups excluding carboxylic acids is 2. The monoisotopic (exact) mass is 429 g/mol. The molecule has 1 aliphatic rings. The summed E-state index contributed by atoms with van der Waals surface area (Å²) in [5, 5.41) is 6.05. The van der Waals surface area contributed by atoms with Crippen LogP contribution in [0.1, 0.15) is 18.1 Å². The molecule has 1 aromatic carbocycles. The van der Waals surface area contributed by atoms with Gasteiger partial charge < -0.3 is 22.3 Å². The predicted octanol–water partition coefficient (Wildman–Crippen LogP) is -0.612. The van der Waals surface area contributed by atoms with Crippen LogP contribution >= 0.6 is 23.2 Å². The van der Waals surface area contributed by atoms with Gasteiger partial charge in [-0.2, -0.15) is 0 Å². The maximum atomic E-state index is 12.0. The Kier molecular flexibility index (Phi) is 5.52. The van der Waals surface area contributed by atoms with Crippen molar-refractivity contribution >= 4 is 35.1 Å². The minimum absolute atomic E-state index is 0. The van der Waals surface area contributed by atoms with Gasteiger partial charge in [-0.3, -0.25) is 10.1 Å². The molecule has 1 aromatic heterocycles. The zero-order valence-corrected chi connectivity index (χ0v) is 15.7. The highest BCUT2D eigenvalue weighted by Gasteiger charge is 2.44. The second kappa shape index (κ2) is 7.09. The topological polar surface area (TPSA) is 62.1 Å². The fourth-order valence-electron chi connectivity index (χ4n) is 2.53. The van der Waals surface area contributed by atoms with Gasteiger partial charge in [-0.15, -0.1) is 0 Å². The van der Waals surface area contributed by atoms with Crippen molar-refractivity contribution in [3.63, 3.8) is 0 Å². The number of urea groups is 1. The molecule has 1 fully saturated rings. The smallest absolute Gasteiger partial charge is 0.322 e. The number of imide groups is 1. The van der Waals surface area contributed by atoms with E-state index in [0.29, 0.717) is 22.2 Å². The molecule has 1 atom stereocenters. The van der Waals surface area contributed by atoms with Crippen LogP contribution in [-0.2, 0) is 16.9 Å². The first-order chi connectivity index (χ1) is 10.9. The predicted molar refractivity (Wildman–Crippen MR) is 86.2 cm³/mol. The summed E-state index contributed by atoms with van der Waals surface area (Å²) in [6, 6.07) is 8.44. The highest BCUT2D eigenvalue weighted by Crippen LogP contribution is 2.25. The Morgan fingerprint density at radius 3 is 2.38 bits per heavy atom. The largest absolute Gasteiger partial charge is 1.00 e. The van der Waals surface area contributed by atoms with E-state index in [1.165, 1.54) is 0 Å². The van der Waals surface area contributed by atoms with Gasteiger partial charge in [0, 0.05) is 6.07 Å². The summed E-state index contributed by atoms with van der Waals surface area (Å²) in [4.78, 5) is 23.5. The van der Waals surface area contributed by atoms with Crippen LogP contribution in [0.15, 0.2) is 42.7 Å². The van der Waals surface area contributed by atoms with Crippen LogP contribution in [0.5, 0.6) is 0 Å². The van der Waals surface area contributed by atoms with E-state index in [1.54, 1.807) is 37.4 Å². The Balaban J connectivity index is 0.00000208. The van der Waals surface area contributed by atoms with E-state index in [4.69, 9.17) is 23.2 Å². The minimum atomic E-state index is -1.09. The van der Waals surface area contributed by atoms with E-state index in [9.17, 15) is 9.59 Å². The number of nitrogens with zero attached hydrogens (tertiary/aromatic N) is 1. The third-order valence-corrected chi connectivity index (χ3v) is 4.59. The summed E-state index contributed by atoms with van der Waals surface area (Å²) in [5.74, 6) is -0.379. The Morgan fingerprint density at radius 1 is 1.12 bits per heavy atom. The summed E-state index contributed by atoms with van der Waals surface area (Å²) in [6.07, 6.45) is 3.64. The SMILES string of the molecule is CC1(c2ccc[n+](Cc3c(Cl)cccc3Cl)c2)NC(=O)NC1=O.[Br-]. The summed E-state index contributed by atoms with van der Waals surface area (Å²) >= 11 is 12.4. The lowest BCUT2D eigenvalue weighted by Gasteiger charge is -2.19. The molecule has 2 aromatic rings. The second-order valence-corrected chi connectivity index (χ2v) is 6.31. The Labute approximate surface area is 159 Å². The molecule has 1 aliphatic heterocycles. The van der Waals surface area contributed by atoms with Crippen LogP contribution < -0.4 is 32.2 Å². The van der Waals surface area contributed by atoms with Gasteiger partial charge in [0.15, 0.2) is 18.9 Å². The van der Waals surface area contributed by atoms with Gasteiger partial charge in [0.2, 0.25) is 0 Å². The molecule has 24 heavy (non-hydrogen) atoms. The van der Waals surface area contributed by atoms with Gasteiger partial charge in [-0.05, 0) is 25.1 Å². The van der Waals surface area contributed by atoms with Crippen molar-refractivity contribution in [3.05, 3.63) is 63.9 Å². The van der Waals surface area contributed by atoms with Crippen molar-refractivity contribution in [2.75, 3.05) is 0 Å². The molecule has 5 nitrogen and oxygen atoms in total. The van der Waals surface area contributed by atoms with Crippen molar-refractivity contribution in [2.45, 2.75) is 19.0 Å². The second-order valence-electron chi connectivity index (χ2n) is 5.50. The van der Waals surface area contributed by atoms with E-state index in [0.717, 1.165) is 5.56 Å². The molecule has 1 saturated heterocycles. The molecule has 0 aliphatic carbocycles. The first-order valence-electron chi connectivity index (χ1n) is 6.96. The number of nitrogens with one attached hydrogen (secondary N) is 2. The summed E-state index contributed by atoms with van der Waals surface area (Å²) < 4.78 is 1.87. The van der Waals surface area contributed by atoms with Crippen LogP contribution in [0.3, 0.4) is 0 Å². The first kappa shape index (κ1) is 18.7. The van der Waals surface area contributed by atoms with Gasteiger partial charge in [-0.1, -0.05) is 29.3 Å². The van der Waals surface area contributed by atoms with Crippen LogP contribution in [0.2, 0.25) is 10.0 Å². The lowest BCUT2D eigenvalue weighted by molar-refractivity contribution is -0.688. The van der Waals surface area contributed by atoms with Gasteiger partial charge in [0.05, 0.1) is 21.2 Å². The molecule has 0 saturated carbocycles. The molecular weight excluding hydrogens is 417 g/mol. The van der Waals surface area contributed by atoms with Gasteiger partial charge in [0.25, 0.3) is 5.91 Å². The van der Waals surface area contributed by atoms with E-state index < -0.39 is 11.6 Å². The van der Waals surface area contributed by atoms with E-state index in [1.807, 2.05) is 16.8 Å². The number of hydrogen-bond donors (Lipinski definition) is 2. The molecule has 3 amide bonds. The highest BCUT2D eigenvalue weighted by molar-refractivity contribution is 6.35. The number of hydrogen-bond acceptors (Lipinski definition) is 2. The summed E-state index contributed by atoms with van der Waals surface area (Å²) in [5.41, 5.74) is 0.374. The third kappa shape index (κ3) is 3.41. The molecule has 1 unspecified atom stereocenters. The Morgan fingerprint density at radius 2 is 1.79 bits per heavy atom. The standard InChI is InChI=1S/C16H13Cl2N3O2.BrH/c1-16(14(22)19-15(23)20-16)10-4-3-7-21(8-10)9-11-12(17)5-2-6-13(11)18;/h2-8H,9H2,1H3,(H-,19,20,22,23);1H. The molecule has 8 heteroatoms. The maximum absolute atomic E-state index is 12.0. The van der Waals surface area contributed by atoms with Gasteiger partial charge in [-0.25, -0.2) is 9.36 Å². The quantitative estimate of drug-likeness (QED) is 0.504. The van der Waals surface area contributed by atoms with Crippen molar-refractivity contribution in [3.8, 4) is 0 Å². The third-order valence-electron chi connectivity index (χ3n) is 3.88. The van der Waals surface area contributed by atoms with Gasteiger partial charge in [0.1, 0.15) is 5.54 Å².